The summed E-state index contributed by atoms with van der Waals surface area (Å²) in [6.45, 7) is 10.7. The van der Waals surface area contributed by atoms with E-state index in [0.29, 0.717) is 0 Å². The number of aromatic nitrogens is 2. The van der Waals surface area contributed by atoms with Crippen LogP contribution in [0.5, 0.6) is 0 Å². The summed E-state index contributed by atoms with van der Waals surface area (Å²) in [5.74, 6) is 0. The molecule has 2 aliphatic rings. The molecule has 6 aromatic rings. The van der Waals surface area contributed by atoms with Crippen LogP contribution in [0.1, 0.15) is 41.8 Å². The molecule has 0 spiro atoms. The first-order chi connectivity index (χ1) is 21.8. The van der Waals surface area contributed by atoms with Gasteiger partial charge in [-0.05, 0) is 35.7 Å². The Labute approximate surface area is 284 Å². The van der Waals surface area contributed by atoms with Gasteiger partial charge in [-0.2, -0.15) is 6.07 Å². The normalized spacial score (nSPS) is 13.2. The Morgan fingerprint density at radius 2 is 1.43 bits per heavy atom. The quantitative estimate of drug-likeness (QED) is 0.132. The monoisotopic (exact) mass is 775 g/mol. The number of hydrogen-bond acceptors (Lipinski definition) is 2. The van der Waals surface area contributed by atoms with Crippen molar-refractivity contribution in [2.24, 2.45) is 0 Å². The molecule has 2 aromatic heterocycles. The fraction of sp³-hybridized carbons (Fsp3) is 0.146. The molecule has 0 bridgehead atoms. The molecular weight excluding hydrogens is 741 g/mol. The number of nitrogens with zero attached hydrogens (tertiary/aromatic N) is 4. The van der Waals surface area contributed by atoms with Gasteiger partial charge in [0.1, 0.15) is 5.69 Å². The van der Waals surface area contributed by atoms with Gasteiger partial charge in [0.15, 0.2) is 0 Å². The molecule has 0 atom stereocenters. The summed E-state index contributed by atoms with van der Waals surface area (Å²) in [6.07, 6.45) is 3.80. The van der Waals surface area contributed by atoms with Crippen molar-refractivity contribution in [3.05, 3.63) is 156 Å². The van der Waals surface area contributed by atoms with Crippen LogP contribution in [-0.4, -0.2) is 16.0 Å². The van der Waals surface area contributed by atoms with E-state index in [-0.39, 0.29) is 25.5 Å². The zero-order valence-electron chi connectivity index (χ0n) is 26.6. The van der Waals surface area contributed by atoms with Gasteiger partial charge in [-0.25, -0.2) is 0 Å². The van der Waals surface area contributed by atoms with Gasteiger partial charge < -0.3 is 4.98 Å². The van der Waals surface area contributed by atoms with Crippen molar-refractivity contribution >= 4 is 28.8 Å². The topological polar surface area (TPSA) is 31.8 Å². The summed E-state index contributed by atoms with van der Waals surface area (Å²) >= 11 is 0. The van der Waals surface area contributed by atoms with E-state index in [2.05, 4.69) is 152 Å². The smallest absolute Gasteiger partial charge is 0.304 e. The van der Waals surface area contributed by atoms with Gasteiger partial charge in [-0.1, -0.05) is 85.0 Å². The fourth-order valence-corrected chi connectivity index (χ4v) is 6.04. The molecule has 0 unspecified atom stereocenters. The van der Waals surface area contributed by atoms with Gasteiger partial charge in [-0.3, -0.25) is 4.98 Å². The number of pyridine rings is 2. The van der Waals surface area contributed by atoms with E-state index >= 15 is 0 Å². The van der Waals surface area contributed by atoms with Gasteiger partial charge in [0.05, 0.1) is 0 Å². The number of hydrogen-bond donors (Lipinski definition) is 0. The zero-order chi connectivity index (χ0) is 31.1. The SMILES string of the molecule is CC1(C)c2cc([N+]3=C=[N+](c4ccccc4)c4ccccc43)[c-]cc2-c2cccnc21.Cc1c[c-]c(-c2cc(C)c(C)cn2)cc1.[Ir]. The summed E-state index contributed by atoms with van der Waals surface area (Å²) in [6, 6.07) is 45.8. The standard InChI is InChI=1S/C27H20N3.C14H14N.Ir/c1-27(2)23-17-20(14-15-21(23)22-11-8-16-28-26(22)27)30-18-29(19-9-4-3-5-10-19)24-12-6-7-13-25(24)30;1-10-4-6-13(7-5-10)14-8-11(2)12(3)9-15-14;/h3-13,15-17H,1-2H3;4-6,8-9H,1-3H3;/q+1;-1;. The summed E-state index contributed by atoms with van der Waals surface area (Å²) in [5, 5.41) is 0. The first-order valence-electron chi connectivity index (χ1n) is 15.3. The molecule has 0 saturated heterocycles. The predicted molar refractivity (Wildman–Crippen MR) is 184 cm³/mol. The second-order valence-electron chi connectivity index (χ2n) is 12.2. The molecule has 1 aliphatic carbocycles. The van der Waals surface area contributed by atoms with Crippen LogP contribution < -0.4 is 9.15 Å². The van der Waals surface area contributed by atoms with E-state index < -0.39 is 0 Å². The zero-order valence-corrected chi connectivity index (χ0v) is 29.0. The molecule has 5 heteroatoms. The third kappa shape index (κ3) is 5.59. The van der Waals surface area contributed by atoms with Crippen LogP contribution in [0.4, 0.5) is 22.7 Å². The maximum Gasteiger partial charge on any atom is 0.501 e. The maximum absolute atomic E-state index is 4.69. The van der Waals surface area contributed by atoms with Crippen molar-refractivity contribution in [1.82, 2.24) is 19.1 Å². The van der Waals surface area contributed by atoms with E-state index in [1.165, 1.54) is 33.4 Å². The van der Waals surface area contributed by atoms with Gasteiger partial charge in [0, 0.05) is 67.9 Å². The number of para-hydroxylation sites is 3. The van der Waals surface area contributed by atoms with Crippen molar-refractivity contribution in [3.8, 4) is 22.4 Å². The fourth-order valence-electron chi connectivity index (χ4n) is 6.04. The molecular formula is C41H34IrN4. The molecule has 0 N–H and O–H groups in total. The molecule has 1 aliphatic heterocycles. The average Bonchev–Trinajstić information content (AvgIpc) is 3.56. The van der Waals surface area contributed by atoms with Crippen LogP contribution >= 0.6 is 0 Å². The molecule has 46 heavy (non-hydrogen) atoms. The number of aryl methyl sites for hydroxylation is 3. The Hall–Kier alpha value is -4.79. The van der Waals surface area contributed by atoms with E-state index in [9.17, 15) is 0 Å². The van der Waals surface area contributed by atoms with E-state index in [1.54, 1.807) is 0 Å². The van der Waals surface area contributed by atoms with Crippen molar-refractivity contribution < 1.29 is 20.1 Å². The molecule has 8 rings (SSSR count). The van der Waals surface area contributed by atoms with Crippen molar-refractivity contribution in [2.45, 2.75) is 40.0 Å². The summed E-state index contributed by atoms with van der Waals surface area (Å²) in [4.78, 5) is 9.10. The summed E-state index contributed by atoms with van der Waals surface area (Å²) < 4.78 is 4.22. The minimum absolute atomic E-state index is 0. The minimum Gasteiger partial charge on any atom is -0.304 e. The minimum atomic E-state index is -0.145. The second kappa shape index (κ2) is 12.5. The predicted octanol–water partition coefficient (Wildman–Crippen LogP) is 9.52. The maximum atomic E-state index is 4.69. The van der Waals surface area contributed by atoms with Crippen LogP contribution in [0.3, 0.4) is 0 Å². The number of benzene rings is 4. The van der Waals surface area contributed by atoms with E-state index in [4.69, 9.17) is 4.98 Å². The first kappa shape index (κ1) is 31.2. The Kier molecular flexibility index (Phi) is 8.51. The Morgan fingerprint density at radius 3 is 2.15 bits per heavy atom. The Balaban J connectivity index is 0.000000197. The largest absolute Gasteiger partial charge is 0.501 e. The van der Waals surface area contributed by atoms with Crippen LogP contribution in [0.15, 0.2) is 116 Å². The molecule has 0 saturated carbocycles. The van der Waals surface area contributed by atoms with Gasteiger partial charge in [0.25, 0.3) is 11.4 Å². The van der Waals surface area contributed by atoms with Crippen LogP contribution in [0, 0.1) is 32.9 Å². The van der Waals surface area contributed by atoms with Crippen LogP contribution in [0.2, 0.25) is 0 Å². The first-order valence-corrected chi connectivity index (χ1v) is 15.3. The third-order valence-electron chi connectivity index (χ3n) is 8.73. The molecule has 0 amide bonds. The van der Waals surface area contributed by atoms with Crippen LogP contribution in [0.25, 0.3) is 22.4 Å². The third-order valence-corrected chi connectivity index (χ3v) is 8.73. The Morgan fingerprint density at radius 1 is 0.696 bits per heavy atom. The molecule has 0 fully saturated rings. The molecule has 227 valence electrons. The summed E-state index contributed by atoms with van der Waals surface area (Å²) in [5.41, 5.74) is 14.8. The molecule has 4 aromatic carbocycles. The number of fused-ring (bicyclic) bond motifs is 4. The van der Waals surface area contributed by atoms with Crippen molar-refractivity contribution in [1.29, 1.82) is 0 Å². The Bertz CT molecular complexity index is 2140. The molecule has 3 heterocycles. The van der Waals surface area contributed by atoms with Gasteiger partial charge in [0.2, 0.25) is 5.69 Å². The van der Waals surface area contributed by atoms with Crippen molar-refractivity contribution in [3.63, 3.8) is 0 Å². The molecule has 4 nitrogen and oxygen atoms in total. The van der Waals surface area contributed by atoms with Crippen molar-refractivity contribution in [2.75, 3.05) is 0 Å². The van der Waals surface area contributed by atoms with Crippen LogP contribution in [-0.2, 0) is 25.5 Å². The molecule has 1 radical (unpaired) electrons. The second-order valence-corrected chi connectivity index (χ2v) is 12.2. The van der Waals surface area contributed by atoms with Gasteiger partial charge >= 0.3 is 6.01 Å². The summed E-state index contributed by atoms with van der Waals surface area (Å²) in [7, 11) is 0. The van der Waals surface area contributed by atoms with E-state index in [0.717, 1.165) is 39.7 Å². The van der Waals surface area contributed by atoms with E-state index in [1.807, 2.05) is 30.6 Å². The number of rotatable bonds is 3. The average molecular weight is 775 g/mol. The van der Waals surface area contributed by atoms with Gasteiger partial charge in [-0.15, -0.1) is 52.6 Å².